The number of ether oxygens (including phenoxy) is 1. The molecule has 0 saturated carbocycles. The number of hydrogen-bond donors (Lipinski definition) is 1. The van der Waals surface area contributed by atoms with Gasteiger partial charge in [-0.1, -0.05) is 11.6 Å². The van der Waals surface area contributed by atoms with Crippen LogP contribution in [0.5, 0.6) is 0 Å². The third-order valence-electron chi connectivity index (χ3n) is 2.51. The summed E-state index contributed by atoms with van der Waals surface area (Å²) in [5.74, 6) is -0.0406. The lowest BCUT2D eigenvalue weighted by Crippen LogP contribution is -2.16. The summed E-state index contributed by atoms with van der Waals surface area (Å²) in [4.78, 5) is 15.7. The second kappa shape index (κ2) is 6.57. The number of halogens is 1. The molecular weight excluding hydrogens is 240 g/mol. The minimum Gasteiger partial charge on any atom is -0.382 e. The molecule has 1 N–H and O–H groups in total. The normalized spacial score (nSPS) is 12.2. The van der Waals surface area contributed by atoms with Crippen LogP contribution in [0.2, 0.25) is 5.15 Å². The fourth-order valence-electron chi connectivity index (χ4n) is 1.33. The highest BCUT2D eigenvalue weighted by Crippen LogP contribution is 2.16. The minimum absolute atomic E-state index is 0.0406. The molecule has 5 heteroatoms. The number of aryl methyl sites for hydroxylation is 1. The van der Waals surface area contributed by atoms with Crippen molar-refractivity contribution in [1.29, 1.82) is 0 Å². The first-order chi connectivity index (χ1) is 8.02. The van der Waals surface area contributed by atoms with E-state index in [1.165, 1.54) is 0 Å². The molecule has 0 fully saturated rings. The Morgan fingerprint density at radius 3 is 2.88 bits per heavy atom. The Bertz CT molecular complexity index is 396. The molecule has 0 bridgehead atoms. The first-order valence-corrected chi connectivity index (χ1v) is 5.86. The second-order valence-corrected chi connectivity index (χ2v) is 4.29. The molecule has 1 unspecified atom stereocenters. The van der Waals surface area contributed by atoms with Crippen molar-refractivity contribution in [2.75, 3.05) is 12.4 Å². The average Bonchev–Trinajstić information content (AvgIpc) is 2.29. The van der Waals surface area contributed by atoms with E-state index in [2.05, 4.69) is 10.3 Å². The number of anilines is 1. The van der Waals surface area contributed by atoms with Gasteiger partial charge >= 0.3 is 0 Å². The van der Waals surface area contributed by atoms with Gasteiger partial charge in [0.2, 0.25) is 5.91 Å². The molecule has 17 heavy (non-hydrogen) atoms. The lowest BCUT2D eigenvalue weighted by Gasteiger charge is -2.10. The molecule has 0 spiro atoms. The Kier molecular flexibility index (Phi) is 5.38. The molecule has 1 aromatic rings. The second-order valence-electron chi connectivity index (χ2n) is 3.90. The molecule has 0 aliphatic carbocycles. The van der Waals surface area contributed by atoms with Gasteiger partial charge in [-0.25, -0.2) is 4.98 Å². The summed E-state index contributed by atoms with van der Waals surface area (Å²) < 4.78 is 5.08. The van der Waals surface area contributed by atoms with Crippen LogP contribution in [0.25, 0.3) is 0 Å². The molecule has 1 atom stereocenters. The zero-order valence-electron chi connectivity index (χ0n) is 10.3. The van der Waals surface area contributed by atoms with Crippen molar-refractivity contribution >= 4 is 23.2 Å². The van der Waals surface area contributed by atoms with Crippen molar-refractivity contribution in [3.8, 4) is 0 Å². The van der Waals surface area contributed by atoms with Crippen molar-refractivity contribution in [1.82, 2.24) is 4.98 Å². The van der Waals surface area contributed by atoms with E-state index in [1.807, 2.05) is 6.92 Å². The minimum atomic E-state index is -0.0406. The van der Waals surface area contributed by atoms with Gasteiger partial charge in [-0.3, -0.25) is 4.79 Å². The number of hydrogen-bond acceptors (Lipinski definition) is 3. The molecule has 4 nitrogen and oxygen atoms in total. The third-order valence-corrected chi connectivity index (χ3v) is 2.72. The highest BCUT2D eigenvalue weighted by atomic mass is 35.5. The van der Waals surface area contributed by atoms with Crippen LogP contribution < -0.4 is 5.32 Å². The van der Waals surface area contributed by atoms with E-state index < -0.39 is 0 Å². The van der Waals surface area contributed by atoms with Gasteiger partial charge in [0, 0.05) is 13.5 Å². The molecule has 1 rings (SSSR count). The molecule has 0 saturated heterocycles. The molecule has 0 aliphatic rings. The summed E-state index contributed by atoms with van der Waals surface area (Å²) in [7, 11) is 1.63. The monoisotopic (exact) mass is 256 g/mol. The van der Waals surface area contributed by atoms with Crippen LogP contribution in [0.3, 0.4) is 0 Å². The summed E-state index contributed by atoms with van der Waals surface area (Å²) in [6.45, 7) is 3.74. The lowest BCUT2D eigenvalue weighted by molar-refractivity contribution is -0.116. The quantitative estimate of drug-likeness (QED) is 0.825. The molecule has 1 heterocycles. The number of methoxy groups -OCH3 is 1. The van der Waals surface area contributed by atoms with E-state index >= 15 is 0 Å². The van der Waals surface area contributed by atoms with E-state index in [9.17, 15) is 4.79 Å². The zero-order valence-corrected chi connectivity index (χ0v) is 11.0. The number of rotatable bonds is 5. The van der Waals surface area contributed by atoms with Crippen LogP contribution in [-0.4, -0.2) is 24.1 Å². The molecule has 0 aliphatic heterocycles. The van der Waals surface area contributed by atoms with Crippen molar-refractivity contribution in [2.24, 2.45) is 0 Å². The van der Waals surface area contributed by atoms with Gasteiger partial charge in [0.1, 0.15) is 5.15 Å². The number of nitrogens with one attached hydrogen (secondary N) is 1. The Morgan fingerprint density at radius 2 is 2.29 bits per heavy atom. The highest BCUT2D eigenvalue weighted by molar-refractivity contribution is 6.29. The SMILES string of the molecule is COC(C)CCC(=O)Nc1ccc(Cl)nc1C. The number of pyridine rings is 1. The number of carbonyl (C=O) groups excluding carboxylic acids is 1. The van der Waals surface area contributed by atoms with Crippen molar-refractivity contribution in [2.45, 2.75) is 32.8 Å². The molecule has 1 amide bonds. The summed E-state index contributed by atoms with van der Waals surface area (Å²) >= 11 is 5.73. The first kappa shape index (κ1) is 13.9. The average molecular weight is 257 g/mol. The molecule has 0 radical (unpaired) electrons. The smallest absolute Gasteiger partial charge is 0.224 e. The van der Waals surface area contributed by atoms with Crippen LogP contribution in [0.15, 0.2) is 12.1 Å². The summed E-state index contributed by atoms with van der Waals surface area (Å²) in [5.41, 5.74) is 1.41. The Labute approximate surface area is 106 Å². The van der Waals surface area contributed by atoms with Gasteiger partial charge in [-0.2, -0.15) is 0 Å². The van der Waals surface area contributed by atoms with Gasteiger partial charge in [-0.15, -0.1) is 0 Å². The number of nitrogens with zero attached hydrogens (tertiary/aromatic N) is 1. The fourth-order valence-corrected chi connectivity index (χ4v) is 1.52. The largest absolute Gasteiger partial charge is 0.382 e. The maximum absolute atomic E-state index is 11.6. The first-order valence-electron chi connectivity index (χ1n) is 5.48. The Hall–Kier alpha value is -1.13. The van der Waals surface area contributed by atoms with E-state index in [4.69, 9.17) is 16.3 Å². The van der Waals surface area contributed by atoms with Gasteiger partial charge in [0.15, 0.2) is 0 Å². The maximum atomic E-state index is 11.6. The summed E-state index contributed by atoms with van der Waals surface area (Å²) in [6, 6.07) is 3.41. The van der Waals surface area contributed by atoms with E-state index in [-0.39, 0.29) is 12.0 Å². The Morgan fingerprint density at radius 1 is 1.59 bits per heavy atom. The zero-order chi connectivity index (χ0) is 12.8. The van der Waals surface area contributed by atoms with Gasteiger partial charge in [0.05, 0.1) is 17.5 Å². The standard InChI is InChI=1S/C12H17ClN2O2/c1-8(17-3)4-7-12(16)15-10-5-6-11(13)14-9(10)2/h5-6,8H,4,7H2,1-3H3,(H,15,16). The van der Waals surface area contributed by atoms with Gasteiger partial charge < -0.3 is 10.1 Å². The van der Waals surface area contributed by atoms with Gasteiger partial charge in [0.25, 0.3) is 0 Å². The highest BCUT2D eigenvalue weighted by Gasteiger charge is 2.08. The molecular formula is C12H17ClN2O2. The predicted octanol–water partition coefficient (Wildman–Crippen LogP) is 2.80. The van der Waals surface area contributed by atoms with Crippen LogP contribution >= 0.6 is 11.6 Å². The van der Waals surface area contributed by atoms with Crippen LogP contribution in [-0.2, 0) is 9.53 Å². The molecule has 94 valence electrons. The van der Waals surface area contributed by atoms with Crippen molar-refractivity contribution < 1.29 is 9.53 Å². The predicted molar refractivity (Wildman–Crippen MR) is 68.3 cm³/mol. The fraction of sp³-hybridized carbons (Fsp3) is 0.500. The van der Waals surface area contributed by atoms with Crippen molar-refractivity contribution in [3.05, 3.63) is 23.0 Å². The van der Waals surface area contributed by atoms with Crippen LogP contribution in [0, 0.1) is 6.92 Å². The number of carbonyl (C=O) groups is 1. The van der Waals surface area contributed by atoms with Crippen LogP contribution in [0.4, 0.5) is 5.69 Å². The number of amides is 1. The maximum Gasteiger partial charge on any atom is 0.224 e. The summed E-state index contributed by atoms with van der Waals surface area (Å²) in [6.07, 6.45) is 1.21. The Balaban J connectivity index is 2.50. The molecule has 0 aromatic carbocycles. The molecule has 1 aromatic heterocycles. The van der Waals surface area contributed by atoms with E-state index in [0.717, 1.165) is 0 Å². The van der Waals surface area contributed by atoms with E-state index in [1.54, 1.807) is 26.2 Å². The number of aromatic nitrogens is 1. The third kappa shape index (κ3) is 4.71. The van der Waals surface area contributed by atoms with Crippen LogP contribution in [0.1, 0.15) is 25.5 Å². The van der Waals surface area contributed by atoms with E-state index in [0.29, 0.717) is 29.4 Å². The summed E-state index contributed by atoms with van der Waals surface area (Å²) in [5, 5.41) is 3.23. The van der Waals surface area contributed by atoms with Crippen molar-refractivity contribution in [3.63, 3.8) is 0 Å². The topological polar surface area (TPSA) is 51.2 Å². The lowest BCUT2D eigenvalue weighted by atomic mass is 10.2. The van der Waals surface area contributed by atoms with Gasteiger partial charge in [-0.05, 0) is 32.4 Å².